The quantitative estimate of drug-likeness (QED) is 0.844. The van der Waals surface area contributed by atoms with Gasteiger partial charge in [-0.2, -0.15) is 0 Å². The fraction of sp³-hybridized carbons (Fsp3) is 0.538. The van der Waals surface area contributed by atoms with Crippen LogP contribution in [0.5, 0.6) is 0 Å². The molecule has 0 saturated carbocycles. The molecule has 0 aromatic heterocycles. The van der Waals surface area contributed by atoms with Gasteiger partial charge in [0.1, 0.15) is 0 Å². The number of hydrogen-bond donors (Lipinski definition) is 1. The number of rotatable bonds is 3. The van der Waals surface area contributed by atoms with Crippen molar-refractivity contribution in [1.82, 2.24) is 5.32 Å². The Balaban J connectivity index is 2.73. The van der Waals surface area contributed by atoms with Gasteiger partial charge in [-0.15, -0.1) is 0 Å². The highest BCUT2D eigenvalue weighted by atomic mass is 35.5. The third kappa shape index (κ3) is 3.97. The molecule has 1 aromatic rings. The Hall–Kier alpha value is -0.240. The van der Waals surface area contributed by atoms with Crippen molar-refractivity contribution in [1.29, 1.82) is 0 Å². The van der Waals surface area contributed by atoms with Crippen molar-refractivity contribution < 1.29 is 0 Å². The van der Waals surface area contributed by atoms with E-state index < -0.39 is 0 Å². The van der Waals surface area contributed by atoms with Gasteiger partial charge in [-0.25, -0.2) is 0 Å². The maximum atomic E-state index is 6.18. The molecule has 0 fully saturated rings. The van der Waals surface area contributed by atoms with Crippen LogP contribution < -0.4 is 5.32 Å². The number of nitrogens with one attached hydrogen (secondary N) is 1. The van der Waals surface area contributed by atoms with E-state index in [4.69, 9.17) is 23.2 Å². The van der Waals surface area contributed by atoms with E-state index in [9.17, 15) is 0 Å². The summed E-state index contributed by atoms with van der Waals surface area (Å²) in [6, 6.07) is 5.79. The molecule has 90 valence electrons. The average Bonchev–Trinajstić information content (AvgIpc) is 2.17. The topological polar surface area (TPSA) is 12.0 Å². The second-order valence-electron chi connectivity index (χ2n) is 5.17. The molecule has 0 spiro atoms. The van der Waals surface area contributed by atoms with Crippen LogP contribution in [0.3, 0.4) is 0 Å². The van der Waals surface area contributed by atoms with Crippen LogP contribution in [-0.2, 0) is 0 Å². The summed E-state index contributed by atoms with van der Waals surface area (Å²) in [6.45, 7) is 9.50. The summed E-state index contributed by atoms with van der Waals surface area (Å²) in [4.78, 5) is 0. The van der Waals surface area contributed by atoms with E-state index in [0.29, 0.717) is 16.0 Å². The Kier molecular flexibility index (Phi) is 4.66. The van der Waals surface area contributed by atoms with Crippen LogP contribution in [0.25, 0.3) is 0 Å². The molecule has 0 amide bonds. The van der Waals surface area contributed by atoms with Crippen LogP contribution >= 0.6 is 23.2 Å². The van der Waals surface area contributed by atoms with Crippen LogP contribution in [0.2, 0.25) is 10.0 Å². The SMILES string of the molecule is CC(CNC(C)(C)C)c1cccc(Cl)c1Cl. The van der Waals surface area contributed by atoms with Crippen molar-refractivity contribution in [3.8, 4) is 0 Å². The van der Waals surface area contributed by atoms with Crippen LogP contribution in [-0.4, -0.2) is 12.1 Å². The van der Waals surface area contributed by atoms with Crippen molar-refractivity contribution in [2.75, 3.05) is 6.54 Å². The first-order chi connectivity index (χ1) is 7.31. The molecule has 0 radical (unpaired) electrons. The summed E-state index contributed by atoms with van der Waals surface area (Å²) in [6.07, 6.45) is 0. The minimum atomic E-state index is 0.124. The zero-order valence-electron chi connectivity index (χ0n) is 10.3. The Morgan fingerprint density at radius 2 is 1.88 bits per heavy atom. The molecule has 1 nitrogen and oxygen atoms in total. The number of halogens is 2. The zero-order chi connectivity index (χ0) is 12.3. The summed E-state index contributed by atoms with van der Waals surface area (Å²) >= 11 is 12.2. The van der Waals surface area contributed by atoms with Gasteiger partial charge in [0.15, 0.2) is 0 Å². The molecule has 0 saturated heterocycles. The van der Waals surface area contributed by atoms with E-state index in [1.54, 1.807) is 0 Å². The van der Waals surface area contributed by atoms with Crippen molar-refractivity contribution >= 4 is 23.2 Å². The second kappa shape index (κ2) is 5.39. The Labute approximate surface area is 108 Å². The maximum absolute atomic E-state index is 6.18. The van der Waals surface area contributed by atoms with E-state index >= 15 is 0 Å². The fourth-order valence-electron chi connectivity index (χ4n) is 1.47. The van der Waals surface area contributed by atoms with Crippen molar-refractivity contribution in [3.05, 3.63) is 33.8 Å². The molecule has 1 unspecified atom stereocenters. The normalized spacial score (nSPS) is 13.9. The first kappa shape index (κ1) is 13.8. The molecule has 0 aliphatic carbocycles. The van der Waals surface area contributed by atoms with Gasteiger partial charge in [0.25, 0.3) is 0 Å². The highest BCUT2D eigenvalue weighted by molar-refractivity contribution is 6.42. The van der Waals surface area contributed by atoms with Gasteiger partial charge in [-0.3, -0.25) is 0 Å². The summed E-state index contributed by atoms with van der Waals surface area (Å²) in [5, 5.41) is 4.77. The Bertz CT molecular complexity index is 355. The number of benzene rings is 1. The fourth-order valence-corrected chi connectivity index (χ4v) is 1.96. The predicted octanol–water partition coefficient (Wildman–Crippen LogP) is 4.49. The van der Waals surface area contributed by atoms with E-state index in [-0.39, 0.29) is 5.54 Å². The highest BCUT2D eigenvalue weighted by Gasteiger charge is 2.15. The molecule has 1 atom stereocenters. The lowest BCUT2D eigenvalue weighted by molar-refractivity contribution is 0.412. The molecule has 0 aliphatic rings. The first-order valence-electron chi connectivity index (χ1n) is 5.50. The van der Waals surface area contributed by atoms with Crippen LogP contribution in [0.4, 0.5) is 0 Å². The first-order valence-corrected chi connectivity index (χ1v) is 6.26. The summed E-state index contributed by atoms with van der Waals surface area (Å²) < 4.78 is 0. The number of hydrogen-bond acceptors (Lipinski definition) is 1. The second-order valence-corrected chi connectivity index (χ2v) is 5.96. The molecule has 1 aromatic carbocycles. The predicted molar refractivity (Wildman–Crippen MR) is 72.6 cm³/mol. The lowest BCUT2D eigenvalue weighted by atomic mass is 9.99. The largest absolute Gasteiger partial charge is 0.311 e. The maximum Gasteiger partial charge on any atom is 0.0627 e. The smallest absolute Gasteiger partial charge is 0.0627 e. The van der Waals surface area contributed by atoms with E-state index in [0.717, 1.165) is 12.1 Å². The third-order valence-corrected chi connectivity index (χ3v) is 3.28. The van der Waals surface area contributed by atoms with Gasteiger partial charge in [0.2, 0.25) is 0 Å². The Morgan fingerprint density at radius 1 is 1.25 bits per heavy atom. The molecule has 0 bridgehead atoms. The van der Waals surface area contributed by atoms with Gasteiger partial charge in [-0.05, 0) is 38.3 Å². The molecule has 1 N–H and O–H groups in total. The van der Waals surface area contributed by atoms with E-state index in [1.807, 2.05) is 18.2 Å². The van der Waals surface area contributed by atoms with Crippen molar-refractivity contribution in [3.63, 3.8) is 0 Å². The molecule has 16 heavy (non-hydrogen) atoms. The highest BCUT2D eigenvalue weighted by Crippen LogP contribution is 2.30. The summed E-state index contributed by atoms with van der Waals surface area (Å²) in [5.74, 6) is 0.352. The lowest BCUT2D eigenvalue weighted by Gasteiger charge is -2.24. The summed E-state index contributed by atoms with van der Waals surface area (Å²) in [5.41, 5.74) is 1.23. The van der Waals surface area contributed by atoms with Crippen LogP contribution in [0.15, 0.2) is 18.2 Å². The molecule has 0 heterocycles. The lowest BCUT2D eigenvalue weighted by Crippen LogP contribution is -2.38. The van der Waals surface area contributed by atoms with E-state index in [1.165, 1.54) is 0 Å². The standard InChI is InChI=1S/C13H19Cl2N/c1-9(8-16-13(2,3)4)10-6-5-7-11(14)12(10)15/h5-7,9,16H,8H2,1-4H3. The summed E-state index contributed by atoms with van der Waals surface area (Å²) in [7, 11) is 0. The van der Waals surface area contributed by atoms with E-state index in [2.05, 4.69) is 33.0 Å². The van der Waals surface area contributed by atoms with Gasteiger partial charge < -0.3 is 5.32 Å². The molecular formula is C13H19Cl2N. The molecule has 3 heteroatoms. The monoisotopic (exact) mass is 259 g/mol. The van der Waals surface area contributed by atoms with Crippen LogP contribution in [0, 0.1) is 0 Å². The minimum absolute atomic E-state index is 0.124. The van der Waals surface area contributed by atoms with Gasteiger partial charge in [-0.1, -0.05) is 42.3 Å². The van der Waals surface area contributed by atoms with Crippen molar-refractivity contribution in [2.24, 2.45) is 0 Å². The molecule has 0 aliphatic heterocycles. The van der Waals surface area contributed by atoms with Gasteiger partial charge >= 0.3 is 0 Å². The van der Waals surface area contributed by atoms with Crippen molar-refractivity contribution in [2.45, 2.75) is 39.2 Å². The molecule has 1 rings (SSSR count). The minimum Gasteiger partial charge on any atom is -0.311 e. The average molecular weight is 260 g/mol. The zero-order valence-corrected chi connectivity index (χ0v) is 11.8. The van der Waals surface area contributed by atoms with Gasteiger partial charge in [0.05, 0.1) is 10.0 Å². The molecular weight excluding hydrogens is 241 g/mol. The van der Waals surface area contributed by atoms with Gasteiger partial charge in [0, 0.05) is 12.1 Å². The van der Waals surface area contributed by atoms with Crippen LogP contribution in [0.1, 0.15) is 39.2 Å². The third-order valence-electron chi connectivity index (χ3n) is 2.45. The Morgan fingerprint density at radius 3 is 2.44 bits per heavy atom.